The number of nitrogens with one attached hydrogen (secondary N) is 1. The number of hydrogen-bond donors (Lipinski definition) is 1. The van der Waals surface area contributed by atoms with E-state index in [1.807, 2.05) is 158 Å². The van der Waals surface area contributed by atoms with E-state index in [9.17, 15) is 0 Å². The van der Waals surface area contributed by atoms with Gasteiger partial charge in [0, 0.05) is 108 Å². The predicted octanol–water partition coefficient (Wildman–Crippen LogP) is 25.3. The molecule has 0 saturated carbocycles. The van der Waals surface area contributed by atoms with Crippen molar-refractivity contribution in [3.63, 3.8) is 0 Å². The first-order valence-corrected chi connectivity index (χ1v) is 36.9. The Hall–Kier alpha value is -13.2. The number of nitrogens with zero attached hydrogens (tertiary/aromatic N) is 7. The molecular formula is C96H65BrN8O2. The highest BCUT2D eigenvalue weighted by Crippen LogP contribution is 2.55. The van der Waals surface area contributed by atoms with Crippen LogP contribution in [-0.4, -0.2) is 39.5 Å². The largest absolute Gasteiger partial charge is 0.456 e. The first-order chi connectivity index (χ1) is 52.4. The van der Waals surface area contributed by atoms with Crippen molar-refractivity contribution >= 4 is 103 Å². The third kappa shape index (κ3) is 10.7. The molecule has 508 valence electrons. The lowest BCUT2D eigenvalue weighted by molar-refractivity contribution is 0.647. The van der Waals surface area contributed by atoms with Crippen molar-refractivity contribution in [3.05, 3.63) is 342 Å². The van der Waals surface area contributed by atoms with Gasteiger partial charge >= 0.3 is 0 Å². The van der Waals surface area contributed by atoms with Crippen LogP contribution in [0.15, 0.2) is 329 Å². The van der Waals surface area contributed by atoms with Gasteiger partial charge in [-0.05, 0) is 142 Å². The lowest BCUT2D eigenvalue weighted by atomic mass is 9.82. The zero-order chi connectivity index (χ0) is 71.7. The summed E-state index contributed by atoms with van der Waals surface area (Å²) in [6.07, 6.45) is 0. The van der Waals surface area contributed by atoms with Crippen molar-refractivity contribution < 1.29 is 8.83 Å². The van der Waals surface area contributed by atoms with E-state index in [4.69, 9.17) is 33.8 Å². The Bertz CT molecular complexity index is 6720. The Kier molecular flexibility index (Phi) is 14.8. The molecule has 11 heteroatoms. The number of fused-ring (bicyclic) bond motifs is 18. The summed E-state index contributed by atoms with van der Waals surface area (Å²) in [6, 6.07) is 109. The van der Waals surface area contributed by atoms with Crippen LogP contribution in [0.3, 0.4) is 0 Å². The van der Waals surface area contributed by atoms with Crippen LogP contribution in [0.2, 0.25) is 0 Å². The maximum Gasteiger partial charge on any atom is 0.164 e. The van der Waals surface area contributed by atoms with Crippen LogP contribution in [0.25, 0.3) is 184 Å². The average Bonchev–Trinajstić information content (AvgIpc) is 1.56. The normalized spacial score (nSPS) is 13.1. The molecule has 14 aromatic carbocycles. The van der Waals surface area contributed by atoms with Crippen LogP contribution in [0.1, 0.15) is 49.9 Å². The molecule has 0 radical (unpaired) electrons. The van der Waals surface area contributed by atoms with Crippen LogP contribution < -0.4 is 0 Å². The minimum atomic E-state index is -0.221. The van der Waals surface area contributed by atoms with Gasteiger partial charge in [-0.15, -0.1) is 0 Å². The fourth-order valence-corrected chi connectivity index (χ4v) is 16.7. The van der Waals surface area contributed by atoms with Crippen molar-refractivity contribution in [1.29, 1.82) is 0 Å². The van der Waals surface area contributed by atoms with Gasteiger partial charge in [-0.25, -0.2) is 29.9 Å². The average molecular weight is 1440 g/mol. The monoisotopic (exact) mass is 1440 g/mol. The molecule has 0 atom stereocenters. The second-order valence-electron chi connectivity index (χ2n) is 28.8. The maximum atomic E-state index is 6.36. The molecule has 6 aromatic heterocycles. The minimum Gasteiger partial charge on any atom is -0.456 e. The van der Waals surface area contributed by atoms with E-state index in [0.717, 1.165) is 82.2 Å². The molecule has 0 fully saturated rings. The van der Waals surface area contributed by atoms with Crippen molar-refractivity contribution in [2.24, 2.45) is 0 Å². The van der Waals surface area contributed by atoms with Crippen molar-refractivity contribution in [2.75, 3.05) is 0 Å². The second kappa shape index (κ2) is 25.0. The van der Waals surface area contributed by atoms with E-state index in [1.165, 1.54) is 93.4 Å². The fraction of sp³-hybridized carbons (Fsp3) is 0.0625. The van der Waals surface area contributed by atoms with E-state index in [2.05, 4.69) is 216 Å². The molecule has 20 aromatic rings. The summed E-state index contributed by atoms with van der Waals surface area (Å²) in [5.41, 5.74) is 25.6. The number of para-hydroxylation sites is 4. The molecule has 0 saturated heterocycles. The highest BCUT2D eigenvalue weighted by molar-refractivity contribution is 9.10. The first kappa shape index (κ1) is 63.5. The summed E-state index contributed by atoms with van der Waals surface area (Å²) in [6.45, 7) is 9.31. The van der Waals surface area contributed by atoms with Gasteiger partial charge in [0.05, 0.1) is 11.0 Å². The topological polar surface area (TPSA) is 124 Å². The van der Waals surface area contributed by atoms with E-state index >= 15 is 0 Å². The van der Waals surface area contributed by atoms with E-state index in [-0.39, 0.29) is 10.8 Å². The van der Waals surface area contributed by atoms with Gasteiger partial charge in [0.15, 0.2) is 34.9 Å². The SMILES string of the molecule is Brc1cccc(-c2nc(-c3ccccc3)nc(-c3ccccc3)n2)c1.CC1(C)c2cc3[nH]c4ccccc4c3cc2-c2cc3c(cc21)oc1ccccc13.CC1(C)c2cc3oc4ccccc4c3cc2-c2cc3c4ccccc4n(-c4cccc(-c5nc(-c6ccccc6)nc(-c6ccccc6)n5)c4)c3cc21. The summed E-state index contributed by atoms with van der Waals surface area (Å²) in [5, 5.41) is 9.71. The molecule has 0 spiro atoms. The molecule has 0 aliphatic heterocycles. The fourth-order valence-electron chi connectivity index (χ4n) is 16.3. The molecule has 1 N–H and O–H groups in total. The molecule has 22 rings (SSSR count). The number of rotatable bonds is 7. The molecule has 6 heterocycles. The van der Waals surface area contributed by atoms with Gasteiger partial charge in [0.25, 0.3) is 0 Å². The number of furan rings is 2. The lowest BCUT2D eigenvalue weighted by Crippen LogP contribution is -2.15. The quantitative estimate of drug-likeness (QED) is 0.167. The van der Waals surface area contributed by atoms with Crippen LogP contribution in [0.4, 0.5) is 0 Å². The van der Waals surface area contributed by atoms with Crippen molar-refractivity contribution in [2.45, 2.75) is 38.5 Å². The molecule has 107 heavy (non-hydrogen) atoms. The lowest BCUT2D eigenvalue weighted by Gasteiger charge is -2.21. The zero-order valence-electron chi connectivity index (χ0n) is 58.8. The number of halogens is 1. The van der Waals surface area contributed by atoms with Crippen LogP contribution in [0.5, 0.6) is 0 Å². The Balaban J connectivity index is 0.000000117. The van der Waals surface area contributed by atoms with Gasteiger partial charge in [0.1, 0.15) is 22.3 Å². The van der Waals surface area contributed by atoms with Gasteiger partial charge in [0.2, 0.25) is 0 Å². The van der Waals surface area contributed by atoms with Crippen LogP contribution in [0, 0.1) is 0 Å². The van der Waals surface area contributed by atoms with Gasteiger partial charge in [-0.3, -0.25) is 0 Å². The number of aromatic amines is 1. The Morgan fingerprint density at radius 3 is 1.14 bits per heavy atom. The Morgan fingerprint density at radius 1 is 0.271 bits per heavy atom. The second-order valence-corrected chi connectivity index (χ2v) is 29.7. The highest BCUT2D eigenvalue weighted by atomic mass is 79.9. The molecule has 0 amide bonds. The van der Waals surface area contributed by atoms with Crippen LogP contribution >= 0.6 is 15.9 Å². The van der Waals surface area contributed by atoms with Crippen LogP contribution in [-0.2, 0) is 10.8 Å². The third-order valence-corrected chi connectivity index (χ3v) is 22.1. The van der Waals surface area contributed by atoms with Gasteiger partial charge in [-0.2, -0.15) is 0 Å². The Labute approximate surface area is 624 Å². The summed E-state index contributed by atoms with van der Waals surface area (Å²) in [5.74, 6) is 3.93. The first-order valence-electron chi connectivity index (χ1n) is 36.1. The third-order valence-electron chi connectivity index (χ3n) is 21.6. The maximum absolute atomic E-state index is 6.36. The molecular weight excluding hydrogens is 1380 g/mol. The number of aromatic nitrogens is 8. The van der Waals surface area contributed by atoms with Gasteiger partial charge in [-0.1, -0.05) is 262 Å². The highest BCUT2D eigenvalue weighted by Gasteiger charge is 2.39. The summed E-state index contributed by atoms with van der Waals surface area (Å²) < 4.78 is 15.9. The molecule has 2 aliphatic rings. The zero-order valence-corrected chi connectivity index (χ0v) is 60.4. The van der Waals surface area contributed by atoms with Crippen molar-refractivity contribution in [1.82, 2.24) is 39.5 Å². The van der Waals surface area contributed by atoms with Crippen molar-refractivity contribution in [3.8, 4) is 96.3 Å². The molecule has 0 unspecified atom stereocenters. The van der Waals surface area contributed by atoms with Gasteiger partial charge < -0.3 is 18.4 Å². The molecule has 10 nitrogen and oxygen atoms in total. The standard InChI is InChI=1S/C48H32N4O.C27H19NO.C21H14BrN3/c1-48(2)39-27-42-37(25-35(39)36-26-38-34-21-10-12-23-43(34)53-44(38)28-40(36)48)33-20-9-11-22-41(33)52(42)32-19-13-18-31(24-32)47-50-45(29-14-5-3-6-15-29)49-46(51-47)30-16-7-4-8-17-30;1-27(2)21-13-24-19(15-7-3-5-9-23(15)28-24)11-17(21)18-12-20-16-8-4-6-10-25(16)29-26(20)14-22(18)27;22-18-13-7-12-17(14-18)21-24-19(15-8-3-1-4-9-15)23-20(25-21)16-10-5-2-6-11-16/h3-28H,1-2H3;3-14,28H,1-2H3;1-14H. The smallest absolute Gasteiger partial charge is 0.164 e. The molecule has 0 bridgehead atoms. The number of benzene rings is 14. The summed E-state index contributed by atoms with van der Waals surface area (Å²) in [4.78, 5) is 32.7. The summed E-state index contributed by atoms with van der Waals surface area (Å²) >= 11 is 3.52. The van der Waals surface area contributed by atoms with E-state index < -0.39 is 0 Å². The Morgan fingerprint density at radius 2 is 0.645 bits per heavy atom. The number of hydrogen-bond acceptors (Lipinski definition) is 8. The minimum absolute atomic E-state index is 0.0662. The predicted molar refractivity (Wildman–Crippen MR) is 440 cm³/mol. The van der Waals surface area contributed by atoms with E-state index in [1.54, 1.807) is 0 Å². The molecule has 2 aliphatic carbocycles. The summed E-state index contributed by atoms with van der Waals surface area (Å²) in [7, 11) is 0. The van der Waals surface area contributed by atoms with E-state index in [0.29, 0.717) is 34.9 Å². The number of H-pyrrole nitrogens is 1.